The molecule has 7 rings (SSSR count). The number of hydroxylamine groups is 2. The molecule has 3 saturated carbocycles. The third kappa shape index (κ3) is 8.41. The Morgan fingerprint density at radius 3 is 2.46 bits per heavy atom. The van der Waals surface area contributed by atoms with Crippen LogP contribution in [0.5, 0.6) is 5.75 Å². The smallest absolute Gasteiger partial charge is 0.251 e. The predicted molar refractivity (Wildman–Crippen MR) is 214 cm³/mol. The molecule has 3 aromatic carbocycles. The third-order valence-electron chi connectivity index (χ3n) is 12.4. The molecule has 1 aliphatic heterocycles. The average Bonchev–Trinajstić information content (AvgIpc) is 3.50. The summed E-state index contributed by atoms with van der Waals surface area (Å²) in [4.78, 5) is 36.4. The molecule has 2 bridgehead atoms. The fourth-order valence-electron chi connectivity index (χ4n) is 9.48. The molecule has 54 heavy (non-hydrogen) atoms. The van der Waals surface area contributed by atoms with Gasteiger partial charge in [0.25, 0.3) is 5.91 Å². The van der Waals surface area contributed by atoms with Gasteiger partial charge in [0.1, 0.15) is 17.9 Å². The topological polar surface area (TPSA) is 124 Å². The molecule has 0 unspecified atom stereocenters. The first-order valence-electron chi connectivity index (χ1n) is 19.2. The maximum absolute atomic E-state index is 14.2. The van der Waals surface area contributed by atoms with Gasteiger partial charge in [-0.15, -0.1) is 0 Å². The van der Waals surface area contributed by atoms with Crippen molar-refractivity contribution in [1.29, 1.82) is 0 Å². The number of nitrogens with one attached hydrogen (secondary N) is 2. The summed E-state index contributed by atoms with van der Waals surface area (Å²) >= 11 is 3.64. The Hall–Kier alpha value is -3.32. The Morgan fingerprint density at radius 1 is 1.09 bits per heavy atom. The molecule has 4 aliphatic rings. The van der Waals surface area contributed by atoms with E-state index >= 15 is 0 Å². The number of carbonyl (C=O) groups excluding carboxylic acids is 2. The molecule has 292 valence electrons. The molecule has 9 atom stereocenters. The minimum absolute atomic E-state index is 0.0382. The Morgan fingerprint density at radius 2 is 1.83 bits per heavy atom. The van der Waals surface area contributed by atoms with Gasteiger partial charge in [-0.1, -0.05) is 85.2 Å². The molecule has 4 fully saturated rings. The SMILES string of the molecule is COc1c(CN2O[C@@H](CO)[C@@H]([C@H](C)O)[C@H]2C(=O)N[C@H]2C[C@H]3C[C@@H]([C@@H]2C)C3(C)C)cccc1-c1cc(Br)cc(C(=O)N[C@@H](Cc2ccccc2)CN(C)C)c1. The van der Waals surface area contributed by atoms with E-state index in [1.807, 2.05) is 68.7 Å². The number of para-hydroxylation sites is 1. The lowest BCUT2D eigenvalue weighted by Gasteiger charge is -2.62. The van der Waals surface area contributed by atoms with Gasteiger partial charge in [-0.2, -0.15) is 5.06 Å². The molecule has 2 amide bonds. The molecule has 1 heterocycles. The maximum Gasteiger partial charge on any atom is 0.251 e. The van der Waals surface area contributed by atoms with Crippen molar-refractivity contribution >= 4 is 27.7 Å². The Balaban J connectivity index is 1.25. The van der Waals surface area contributed by atoms with Crippen LogP contribution in [0.3, 0.4) is 0 Å². The Bertz CT molecular complexity index is 1790. The van der Waals surface area contributed by atoms with Crippen LogP contribution in [0, 0.1) is 29.1 Å². The van der Waals surface area contributed by atoms with E-state index in [4.69, 9.17) is 9.57 Å². The summed E-state index contributed by atoms with van der Waals surface area (Å²) in [7, 11) is 5.60. The summed E-state index contributed by atoms with van der Waals surface area (Å²) in [5.74, 6) is 1.01. The molecular weight excluding hydrogens is 748 g/mol. The number of rotatable bonds is 14. The van der Waals surface area contributed by atoms with Gasteiger partial charge < -0.3 is 30.5 Å². The lowest BCUT2D eigenvalue weighted by Crippen LogP contribution is -2.62. The van der Waals surface area contributed by atoms with E-state index in [1.54, 1.807) is 19.1 Å². The van der Waals surface area contributed by atoms with Crippen molar-refractivity contribution < 1.29 is 29.4 Å². The summed E-state index contributed by atoms with van der Waals surface area (Å²) in [6, 6.07) is 20.7. The number of ether oxygens (including phenoxy) is 1. The van der Waals surface area contributed by atoms with Crippen molar-refractivity contribution in [3.05, 3.63) is 87.9 Å². The van der Waals surface area contributed by atoms with Crippen LogP contribution in [0.1, 0.15) is 62.0 Å². The van der Waals surface area contributed by atoms with E-state index < -0.39 is 24.2 Å². The van der Waals surface area contributed by atoms with Crippen LogP contribution in [-0.2, 0) is 22.6 Å². The van der Waals surface area contributed by atoms with Gasteiger partial charge in [-0.25, -0.2) is 0 Å². The van der Waals surface area contributed by atoms with Gasteiger partial charge in [0.2, 0.25) is 5.91 Å². The summed E-state index contributed by atoms with van der Waals surface area (Å²) in [5, 5.41) is 29.5. The zero-order valence-corrected chi connectivity index (χ0v) is 34.2. The number of hydrogen-bond acceptors (Lipinski definition) is 8. The molecule has 0 aromatic heterocycles. The molecule has 0 radical (unpaired) electrons. The summed E-state index contributed by atoms with van der Waals surface area (Å²) < 4.78 is 6.79. The number of fused-ring (bicyclic) bond motifs is 2. The fourth-order valence-corrected chi connectivity index (χ4v) is 9.97. The van der Waals surface area contributed by atoms with Crippen LogP contribution >= 0.6 is 15.9 Å². The highest BCUT2D eigenvalue weighted by Gasteiger charge is 2.57. The van der Waals surface area contributed by atoms with Gasteiger partial charge in [0.05, 0.1) is 26.4 Å². The number of nitrogens with zero attached hydrogens (tertiary/aromatic N) is 2. The van der Waals surface area contributed by atoms with Crippen molar-refractivity contribution in [2.24, 2.45) is 29.1 Å². The van der Waals surface area contributed by atoms with E-state index in [2.05, 4.69) is 64.4 Å². The van der Waals surface area contributed by atoms with E-state index in [0.717, 1.165) is 33.1 Å². The maximum atomic E-state index is 14.2. The second-order valence-corrected chi connectivity index (χ2v) is 17.5. The number of aliphatic hydroxyl groups excluding tert-OH is 2. The summed E-state index contributed by atoms with van der Waals surface area (Å²) in [6.45, 7) is 9.06. The normalized spacial score (nSPS) is 27.2. The molecule has 11 heteroatoms. The average molecular weight is 806 g/mol. The van der Waals surface area contributed by atoms with E-state index in [0.29, 0.717) is 42.0 Å². The Labute approximate surface area is 328 Å². The molecule has 1 saturated heterocycles. The van der Waals surface area contributed by atoms with Crippen molar-refractivity contribution in [2.45, 2.75) is 83.8 Å². The zero-order chi connectivity index (χ0) is 38.9. The van der Waals surface area contributed by atoms with Crippen LogP contribution in [0.15, 0.2) is 71.2 Å². The standard InChI is InChI=1S/C43H57BrN4O6/c1-25-35-20-31(43(35,3)4)21-36(25)46-42(52)39-38(26(2)50)37(24-49)54-48(39)22-28-14-11-15-34(40(28)53-7)29-17-30(19-32(44)18-29)41(51)45-33(23-47(5)6)16-27-12-9-8-10-13-27/h8-15,17-19,25-26,31,33,35-39,49-50H,16,20-24H2,1-7H3,(H,45,51)(H,46,52)/t25-,26-,31+,33-,35-,36-,37-,38+,39-/m0/s1. The highest BCUT2D eigenvalue weighted by atomic mass is 79.9. The number of hydrogen-bond donors (Lipinski definition) is 4. The largest absolute Gasteiger partial charge is 0.496 e. The Kier molecular flexibility index (Phi) is 12.6. The minimum atomic E-state index is -0.900. The first-order chi connectivity index (χ1) is 25.7. The molecular formula is C43H57BrN4O6. The van der Waals surface area contributed by atoms with Gasteiger partial charge in [0.15, 0.2) is 0 Å². The quantitative estimate of drug-likeness (QED) is 0.164. The first-order valence-corrected chi connectivity index (χ1v) is 20.0. The minimum Gasteiger partial charge on any atom is -0.496 e. The summed E-state index contributed by atoms with van der Waals surface area (Å²) in [5.41, 5.74) is 4.24. The lowest BCUT2D eigenvalue weighted by atomic mass is 9.45. The lowest BCUT2D eigenvalue weighted by molar-refractivity contribution is -0.183. The van der Waals surface area contributed by atoms with E-state index in [1.165, 1.54) is 6.42 Å². The monoisotopic (exact) mass is 804 g/mol. The second-order valence-electron chi connectivity index (χ2n) is 16.6. The van der Waals surface area contributed by atoms with Crippen molar-refractivity contribution in [1.82, 2.24) is 20.6 Å². The number of benzene rings is 3. The van der Waals surface area contributed by atoms with Gasteiger partial charge in [-0.05, 0) is 92.8 Å². The van der Waals surface area contributed by atoms with Gasteiger partial charge in [-0.3, -0.25) is 14.4 Å². The van der Waals surface area contributed by atoms with Gasteiger partial charge >= 0.3 is 0 Å². The summed E-state index contributed by atoms with van der Waals surface area (Å²) in [6.07, 6.45) is 1.18. The highest BCUT2D eigenvalue weighted by Crippen LogP contribution is 2.61. The third-order valence-corrected chi connectivity index (χ3v) is 12.9. The number of aliphatic hydroxyl groups is 2. The number of carbonyl (C=O) groups is 2. The van der Waals surface area contributed by atoms with Crippen LogP contribution in [0.4, 0.5) is 0 Å². The van der Waals surface area contributed by atoms with E-state index in [9.17, 15) is 19.8 Å². The fraction of sp³-hybridized carbons (Fsp3) is 0.535. The van der Waals surface area contributed by atoms with Crippen LogP contribution in [0.25, 0.3) is 11.1 Å². The molecule has 3 aromatic rings. The number of methoxy groups -OCH3 is 1. The van der Waals surface area contributed by atoms with E-state index in [-0.39, 0.29) is 42.5 Å². The molecule has 3 aliphatic carbocycles. The van der Waals surface area contributed by atoms with Gasteiger partial charge in [0, 0.05) is 45.7 Å². The molecule has 10 nitrogen and oxygen atoms in total. The predicted octanol–water partition coefficient (Wildman–Crippen LogP) is 5.69. The van der Waals surface area contributed by atoms with Crippen LogP contribution in [0.2, 0.25) is 0 Å². The molecule has 0 spiro atoms. The zero-order valence-electron chi connectivity index (χ0n) is 32.6. The van der Waals surface area contributed by atoms with Crippen LogP contribution < -0.4 is 15.4 Å². The van der Waals surface area contributed by atoms with Crippen LogP contribution in [-0.4, -0.2) is 96.7 Å². The highest BCUT2D eigenvalue weighted by molar-refractivity contribution is 9.10. The number of amides is 2. The second kappa shape index (κ2) is 16.8. The van der Waals surface area contributed by atoms with Crippen molar-refractivity contribution in [3.8, 4) is 16.9 Å². The number of likely N-dealkylation sites (N-methyl/N-ethyl adjacent to an activating group) is 1. The number of halogens is 1. The van der Waals surface area contributed by atoms with Crippen molar-refractivity contribution in [2.75, 3.05) is 34.4 Å². The molecule has 4 N–H and O–H groups in total. The van der Waals surface area contributed by atoms with Crippen molar-refractivity contribution in [3.63, 3.8) is 0 Å². The first kappa shape index (κ1) is 40.3.